The molecule has 102 valence electrons. The van der Waals surface area contributed by atoms with Crippen LogP contribution in [0.25, 0.3) is 0 Å². The Bertz CT molecular complexity index is 502. The Labute approximate surface area is 108 Å². The Hall–Kier alpha value is -2.48. The van der Waals surface area contributed by atoms with Crippen LogP contribution in [0.4, 0.5) is 5.69 Å². The molecule has 0 radical (unpaired) electrons. The molecule has 8 nitrogen and oxygen atoms in total. The predicted octanol–water partition coefficient (Wildman–Crippen LogP) is -0.142. The van der Waals surface area contributed by atoms with Gasteiger partial charge in [0.15, 0.2) is 6.10 Å². The number of nitrogens with zero attached hydrogens (tertiary/aromatic N) is 1. The van der Waals surface area contributed by atoms with Gasteiger partial charge in [0, 0.05) is 17.7 Å². The van der Waals surface area contributed by atoms with E-state index in [1.54, 1.807) is 0 Å². The maximum Gasteiger partial charge on any atom is 0.336 e. The number of rotatable bonds is 5. The molecule has 0 spiro atoms. The standard InChI is InChI=1S/C11H12N2O6/c1-19-11(16)9(14)6-12-10(15)7-3-2-4-8(5-7)13(17)18/h2-5,9,14H,6H2,1H3,(H,12,15). The van der Waals surface area contributed by atoms with E-state index in [4.69, 9.17) is 0 Å². The number of nitrogens with one attached hydrogen (secondary N) is 1. The summed E-state index contributed by atoms with van der Waals surface area (Å²) in [7, 11) is 1.11. The van der Waals surface area contributed by atoms with Crippen molar-refractivity contribution < 1.29 is 24.4 Å². The van der Waals surface area contributed by atoms with Crippen LogP contribution in [-0.2, 0) is 9.53 Å². The Kier molecular flexibility index (Phi) is 4.95. The quantitative estimate of drug-likeness (QED) is 0.436. The van der Waals surface area contributed by atoms with E-state index >= 15 is 0 Å². The van der Waals surface area contributed by atoms with Crippen LogP contribution in [0.3, 0.4) is 0 Å². The lowest BCUT2D eigenvalue weighted by molar-refractivity contribution is -0.384. The summed E-state index contributed by atoms with van der Waals surface area (Å²) < 4.78 is 4.27. The molecular weight excluding hydrogens is 256 g/mol. The number of benzene rings is 1. The van der Waals surface area contributed by atoms with Crippen molar-refractivity contribution in [3.63, 3.8) is 0 Å². The van der Waals surface area contributed by atoms with Gasteiger partial charge in [0.1, 0.15) is 0 Å². The molecule has 1 rings (SSSR count). The third kappa shape index (κ3) is 4.03. The topological polar surface area (TPSA) is 119 Å². The summed E-state index contributed by atoms with van der Waals surface area (Å²) in [5.74, 6) is -1.51. The summed E-state index contributed by atoms with van der Waals surface area (Å²) in [5, 5.41) is 22.1. The van der Waals surface area contributed by atoms with E-state index < -0.39 is 22.9 Å². The minimum absolute atomic E-state index is 0.0614. The van der Waals surface area contributed by atoms with Gasteiger partial charge in [0.25, 0.3) is 11.6 Å². The molecule has 19 heavy (non-hydrogen) atoms. The average molecular weight is 268 g/mol. The van der Waals surface area contributed by atoms with Crippen LogP contribution < -0.4 is 5.32 Å². The van der Waals surface area contributed by atoms with Gasteiger partial charge < -0.3 is 15.2 Å². The highest BCUT2D eigenvalue weighted by Gasteiger charge is 2.17. The molecule has 0 bridgehead atoms. The number of hydrogen-bond donors (Lipinski definition) is 2. The lowest BCUT2D eigenvalue weighted by atomic mass is 10.2. The van der Waals surface area contributed by atoms with Crippen molar-refractivity contribution in [2.24, 2.45) is 0 Å². The summed E-state index contributed by atoms with van der Waals surface area (Å²) in [6, 6.07) is 5.09. The van der Waals surface area contributed by atoms with E-state index in [1.807, 2.05) is 0 Å². The van der Waals surface area contributed by atoms with E-state index in [9.17, 15) is 24.8 Å². The van der Waals surface area contributed by atoms with Crippen LogP contribution in [0.5, 0.6) is 0 Å². The molecule has 1 amide bonds. The molecule has 2 N–H and O–H groups in total. The Morgan fingerprint density at radius 3 is 2.79 bits per heavy atom. The van der Waals surface area contributed by atoms with Crippen LogP contribution in [0, 0.1) is 10.1 Å². The first-order valence-corrected chi connectivity index (χ1v) is 5.24. The summed E-state index contributed by atoms with van der Waals surface area (Å²) >= 11 is 0. The predicted molar refractivity (Wildman–Crippen MR) is 63.5 cm³/mol. The minimum Gasteiger partial charge on any atom is -0.467 e. The number of hydrogen-bond acceptors (Lipinski definition) is 6. The Morgan fingerprint density at radius 1 is 1.53 bits per heavy atom. The first kappa shape index (κ1) is 14.6. The second-order valence-electron chi connectivity index (χ2n) is 3.56. The Balaban J connectivity index is 2.66. The van der Waals surface area contributed by atoms with Gasteiger partial charge in [-0.25, -0.2) is 4.79 Å². The largest absolute Gasteiger partial charge is 0.467 e. The van der Waals surface area contributed by atoms with Crippen LogP contribution in [0.15, 0.2) is 24.3 Å². The maximum atomic E-state index is 11.6. The third-order valence-corrected chi connectivity index (χ3v) is 2.25. The van der Waals surface area contributed by atoms with Gasteiger partial charge in [-0.15, -0.1) is 0 Å². The number of carbonyl (C=O) groups is 2. The summed E-state index contributed by atoms with van der Waals surface area (Å²) in [5.41, 5.74) is -0.160. The zero-order valence-corrected chi connectivity index (χ0v) is 10.0. The zero-order valence-electron chi connectivity index (χ0n) is 10.0. The zero-order chi connectivity index (χ0) is 14.4. The molecule has 0 saturated carbocycles. The fourth-order valence-corrected chi connectivity index (χ4v) is 1.27. The summed E-state index contributed by atoms with van der Waals surface area (Å²) in [4.78, 5) is 32.4. The highest BCUT2D eigenvalue weighted by Crippen LogP contribution is 2.12. The van der Waals surface area contributed by atoms with Crippen molar-refractivity contribution in [2.75, 3.05) is 13.7 Å². The number of nitro benzene ring substituents is 1. The molecule has 0 aliphatic rings. The molecule has 1 aromatic rings. The van der Waals surface area contributed by atoms with Gasteiger partial charge >= 0.3 is 5.97 Å². The molecule has 0 aromatic heterocycles. The lowest BCUT2D eigenvalue weighted by Gasteiger charge is -2.09. The first-order chi connectivity index (χ1) is 8.95. The van der Waals surface area contributed by atoms with Crippen molar-refractivity contribution >= 4 is 17.6 Å². The van der Waals surface area contributed by atoms with Gasteiger partial charge in [-0.1, -0.05) is 6.07 Å². The number of aliphatic hydroxyl groups is 1. The van der Waals surface area contributed by atoms with Crippen LogP contribution in [0.2, 0.25) is 0 Å². The molecule has 1 unspecified atom stereocenters. The third-order valence-electron chi connectivity index (χ3n) is 2.25. The molecule has 0 saturated heterocycles. The number of non-ortho nitro benzene ring substituents is 1. The SMILES string of the molecule is COC(=O)C(O)CNC(=O)c1cccc([N+](=O)[O-])c1. The van der Waals surface area contributed by atoms with E-state index in [2.05, 4.69) is 10.1 Å². The van der Waals surface area contributed by atoms with Crippen LogP contribution in [0.1, 0.15) is 10.4 Å². The summed E-state index contributed by atoms with van der Waals surface area (Å²) in [6.07, 6.45) is -1.48. The van der Waals surface area contributed by atoms with Crippen molar-refractivity contribution in [1.29, 1.82) is 0 Å². The molecular formula is C11H12N2O6. The Morgan fingerprint density at radius 2 is 2.21 bits per heavy atom. The second kappa shape index (κ2) is 6.45. The highest BCUT2D eigenvalue weighted by atomic mass is 16.6. The number of carbonyl (C=O) groups excluding carboxylic acids is 2. The van der Waals surface area contributed by atoms with Gasteiger partial charge in [0.2, 0.25) is 0 Å². The van der Waals surface area contributed by atoms with Crippen molar-refractivity contribution in [2.45, 2.75) is 6.10 Å². The number of ether oxygens (including phenoxy) is 1. The average Bonchev–Trinajstić information content (AvgIpc) is 2.43. The van der Waals surface area contributed by atoms with Crippen LogP contribution >= 0.6 is 0 Å². The molecule has 0 fully saturated rings. The number of nitro groups is 1. The van der Waals surface area contributed by atoms with E-state index in [1.165, 1.54) is 18.2 Å². The minimum atomic E-state index is -1.48. The normalized spacial score (nSPS) is 11.5. The molecule has 1 atom stereocenters. The van der Waals surface area contributed by atoms with Gasteiger partial charge in [-0.3, -0.25) is 14.9 Å². The number of aliphatic hydroxyl groups excluding tert-OH is 1. The molecule has 0 aliphatic heterocycles. The van der Waals surface area contributed by atoms with E-state index in [-0.39, 0.29) is 17.8 Å². The second-order valence-corrected chi connectivity index (χ2v) is 3.56. The first-order valence-electron chi connectivity index (χ1n) is 5.24. The fraction of sp³-hybridized carbons (Fsp3) is 0.273. The highest BCUT2D eigenvalue weighted by molar-refractivity contribution is 5.95. The monoisotopic (exact) mass is 268 g/mol. The maximum absolute atomic E-state index is 11.6. The smallest absolute Gasteiger partial charge is 0.336 e. The molecule has 1 aromatic carbocycles. The van der Waals surface area contributed by atoms with E-state index in [0.717, 1.165) is 13.2 Å². The number of esters is 1. The molecule has 0 aliphatic carbocycles. The number of methoxy groups -OCH3 is 1. The lowest BCUT2D eigenvalue weighted by Crippen LogP contribution is -2.37. The summed E-state index contributed by atoms with van der Waals surface area (Å²) in [6.45, 7) is -0.339. The molecule has 8 heteroatoms. The van der Waals surface area contributed by atoms with Gasteiger partial charge in [-0.2, -0.15) is 0 Å². The van der Waals surface area contributed by atoms with Crippen molar-refractivity contribution in [3.05, 3.63) is 39.9 Å². The molecule has 0 heterocycles. The van der Waals surface area contributed by atoms with Gasteiger partial charge in [-0.05, 0) is 6.07 Å². The van der Waals surface area contributed by atoms with Crippen LogP contribution in [-0.4, -0.2) is 41.7 Å². The number of amides is 1. The van der Waals surface area contributed by atoms with Crippen molar-refractivity contribution in [3.8, 4) is 0 Å². The van der Waals surface area contributed by atoms with Crippen molar-refractivity contribution in [1.82, 2.24) is 5.32 Å². The van der Waals surface area contributed by atoms with Gasteiger partial charge in [0.05, 0.1) is 18.6 Å². The van der Waals surface area contributed by atoms with E-state index in [0.29, 0.717) is 0 Å². The fourth-order valence-electron chi connectivity index (χ4n) is 1.27.